The minimum atomic E-state index is 0. The van der Waals surface area contributed by atoms with Gasteiger partial charge < -0.3 is 9.84 Å². The van der Waals surface area contributed by atoms with E-state index in [2.05, 4.69) is 29.3 Å². The highest BCUT2D eigenvalue weighted by molar-refractivity contribution is 7.98. The predicted octanol–water partition coefficient (Wildman–Crippen LogP) is 2.07. The van der Waals surface area contributed by atoms with Crippen molar-refractivity contribution in [1.82, 2.24) is 15.5 Å². The lowest BCUT2D eigenvalue weighted by Gasteiger charge is -2.04. The van der Waals surface area contributed by atoms with Crippen LogP contribution in [0.1, 0.15) is 30.8 Å². The molecule has 1 aromatic rings. The van der Waals surface area contributed by atoms with Crippen LogP contribution in [0.5, 0.6) is 0 Å². The maximum atomic E-state index is 5.15. The van der Waals surface area contributed by atoms with Crippen molar-refractivity contribution < 1.29 is 4.52 Å². The molecule has 1 N–H and O–H groups in total. The van der Waals surface area contributed by atoms with Gasteiger partial charge in [-0.05, 0) is 27.2 Å². The summed E-state index contributed by atoms with van der Waals surface area (Å²) in [5.74, 6) is 1.50. The third-order valence-corrected chi connectivity index (χ3v) is 3.08. The second-order valence-corrected chi connectivity index (χ2v) is 4.50. The Morgan fingerprint density at radius 3 is 2.67 bits per heavy atom. The Bertz CT molecular complexity index is 282. The summed E-state index contributed by atoms with van der Waals surface area (Å²) < 4.78 is 5.15. The SMILES string of the molecule is CNC(C)Cc1noc(C(C)SC)n1.Cl. The van der Waals surface area contributed by atoms with Crippen LogP contribution < -0.4 is 5.32 Å². The molecule has 0 aliphatic carbocycles. The number of nitrogens with zero attached hydrogens (tertiary/aromatic N) is 2. The van der Waals surface area contributed by atoms with Crippen molar-refractivity contribution in [3.05, 3.63) is 11.7 Å². The van der Waals surface area contributed by atoms with Crippen LogP contribution in [-0.4, -0.2) is 29.5 Å². The van der Waals surface area contributed by atoms with E-state index in [-0.39, 0.29) is 17.7 Å². The van der Waals surface area contributed by atoms with E-state index < -0.39 is 0 Å². The van der Waals surface area contributed by atoms with Crippen LogP contribution in [-0.2, 0) is 6.42 Å². The number of rotatable bonds is 5. The maximum Gasteiger partial charge on any atom is 0.239 e. The molecule has 1 heterocycles. The van der Waals surface area contributed by atoms with Crippen molar-refractivity contribution in [1.29, 1.82) is 0 Å². The van der Waals surface area contributed by atoms with E-state index in [1.54, 1.807) is 11.8 Å². The molecule has 2 unspecified atom stereocenters. The zero-order chi connectivity index (χ0) is 10.6. The van der Waals surface area contributed by atoms with E-state index >= 15 is 0 Å². The van der Waals surface area contributed by atoms with Crippen molar-refractivity contribution in [2.75, 3.05) is 13.3 Å². The van der Waals surface area contributed by atoms with Crippen molar-refractivity contribution in [3.8, 4) is 0 Å². The summed E-state index contributed by atoms with van der Waals surface area (Å²) in [6.45, 7) is 4.15. The first-order valence-corrected chi connectivity index (χ1v) is 5.98. The number of hydrogen-bond donors (Lipinski definition) is 1. The van der Waals surface area contributed by atoms with Crippen molar-refractivity contribution in [2.45, 2.75) is 31.6 Å². The molecule has 0 radical (unpaired) electrons. The highest BCUT2D eigenvalue weighted by atomic mass is 35.5. The molecule has 1 rings (SSSR count). The van der Waals surface area contributed by atoms with Gasteiger partial charge in [-0.15, -0.1) is 12.4 Å². The van der Waals surface area contributed by atoms with Gasteiger partial charge in [0.1, 0.15) is 0 Å². The molecule has 0 saturated carbocycles. The van der Waals surface area contributed by atoms with Crippen LogP contribution in [0.25, 0.3) is 0 Å². The van der Waals surface area contributed by atoms with Gasteiger partial charge in [-0.2, -0.15) is 16.7 Å². The van der Waals surface area contributed by atoms with Crippen LogP contribution in [0.4, 0.5) is 0 Å². The van der Waals surface area contributed by atoms with E-state index in [1.165, 1.54) is 0 Å². The first kappa shape index (κ1) is 14.7. The fourth-order valence-corrected chi connectivity index (χ4v) is 1.29. The normalized spacial score (nSPS) is 14.4. The van der Waals surface area contributed by atoms with Crippen LogP contribution in [0.2, 0.25) is 0 Å². The predicted molar refractivity (Wildman–Crippen MR) is 65.7 cm³/mol. The largest absolute Gasteiger partial charge is 0.338 e. The highest BCUT2D eigenvalue weighted by Gasteiger charge is 2.13. The Labute approximate surface area is 101 Å². The van der Waals surface area contributed by atoms with E-state index in [0.717, 1.165) is 18.1 Å². The Balaban J connectivity index is 0.00000196. The minimum Gasteiger partial charge on any atom is -0.338 e. The topological polar surface area (TPSA) is 51.0 Å². The average molecular weight is 252 g/mol. The second-order valence-electron chi connectivity index (χ2n) is 3.32. The first-order chi connectivity index (χ1) is 6.67. The molecule has 0 aliphatic rings. The monoisotopic (exact) mass is 251 g/mol. The minimum absolute atomic E-state index is 0. The molecule has 15 heavy (non-hydrogen) atoms. The molecule has 88 valence electrons. The van der Waals surface area contributed by atoms with Crippen LogP contribution >= 0.6 is 24.2 Å². The van der Waals surface area contributed by atoms with Crippen molar-refractivity contribution in [3.63, 3.8) is 0 Å². The van der Waals surface area contributed by atoms with E-state index in [1.807, 2.05) is 13.3 Å². The van der Waals surface area contributed by atoms with E-state index in [0.29, 0.717) is 6.04 Å². The zero-order valence-corrected chi connectivity index (χ0v) is 11.1. The van der Waals surface area contributed by atoms with Gasteiger partial charge in [0.25, 0.3) is 0 Å². The van der Waals surface area contributed by atoms with Gasteiger partial charge >= 0.3 is 0 Å². The number of hydrogen-bond acceptors (Lipinski definition) is 5. The number of aromatic nitrogens is 2. The molecule has 1 aromatic heterocycles. The number of likely N-dealkylation sites (N-methyl/N-ethyl adjacent to an activating group) is 1. The molecule has 0 saturated heterocycles. The highest BCUT2D eigenvalue weighted by Crippen LogP contribution is 2.23. The summed E-state index contributed by atoms with van der Waals surface area (Å²) in [6, 6.07) is 0.380. The van der Waals surface area contributed by atoms with Gasteiger partial charge in [-0.1, -0.05) is 5.16 Å². The zero-order valence-electron chi connectivity index (χ0n) is 9.48. The lowest BCUT2D eigenvalue weighted by Crippen LogP contribution is -2.24. The molecule has 0 aliphatic heterocycles. The molecule has 0 fully saturated rings. The fraction of sp³-hybridized carbons (Fsp3) is 0.778. The molecule has 0 bridgehead atoms. The molecule has 0 amide bonds. The molecule has 4 nitrogen and oxygen atoms in total. The van der Waals surface area contributed by atoms with Gasteiger partial charge in [0, 0.05) is 12.5 Å². The average Bonchev–Trinajstić information content (AvgIpc) is 2.65. The van der Waals surface area contributed by atoms with Gasteiger partial charge in [-0.3, -0.25) is 0 Å². The Morgan fingerprint density at radius 2 is 2.13 bits per heavy atom. The van der Waals surface area contributed by atoms with Crippen LogP contribution in [0.3, 0.4) is 0 Å². The number of halogens is 1. The summed E-state index contributed by atoms with van der Waals surface area (Å²) in [5, 5.41) is 7.35. The third kappa shape index (κ3) is 4.40. The van der Waals surface area contributed by atoms with Crippen LogP contribution in [0, 0.1) is 0 Å². The van der Waals surface area contributed by atoms with Gasteiger partial charge in [0.15, 0.2) is 5.82 Å². The summed E-state index contributed by atoms with van der Waals surface area (Å²) in [7, 11) is 1.93. The van der Waals surface area contributed by atoms with Crippen LogP contribution in [0.15, 0.2) is 4.52 Å². The summed E-state index contributed by atoms with van der Waals surface area (Å²) in [4.78, 5) is 4.33. The van der Waals surface area contributed by atoms with Gasteiger partial charge in [0.2, 0.25) is 5.89 Å². The second kappa shape index (κ2) is 7.09. The Kier molecular flexibility index (Phi) is 6.96. The van der Waals surface area contributed by atoms with E-state index in [4.69, 9.17) is 4.52 Å². The molecule has 0 aromatic carbocycles. The number of nitrogens with one attached hydrogen (secondary N) is 1. The first-order valence-electron chi connectivity index (χ1n) is 4.70. The standard InChI is InChI=1S/C9H17N3OS.ClH/c1-6(10-3)5-8-11-9(13-12-8)7(2)14-4;/h6-7,10H,5H2,1-4H3;1H. The lowest BCUT2D eigenvalue weighted by molar-refractivity contribution is 0.373. The Morgan fingerprint density at radius 1 is 1.47 bits per heavy atom. The van der Waals surface area contributed by atoms with Crippen molar-refractivity contribution >= 4 is 24.2 Å². The number of thioether (sulfide) groups is 1. The van der Waals surface area contributed by atoms with Crippen molar-refractivity contribution in [2.24, 2.45) is 0 Å². The summed E-state index contributed by atoms with van der Waals surface area (Å²) in [5.41, 5.74) is 0. The summed E-state index contributed by atoms with van der Waals surface area (Å²) in [6.07, 6.45) is 2.84. The fourth-order valence-electron chi connectivity index (χ4n) is 0.992. The Hall–Kier alpha value is -0.260. The molecule has 2 atom stereocenters. The molecule has 0 spiro atoms. The summed E-state index contributed by atoms with van der Waals surface area (Å²) >= 11 is 1.70. The van der Waals surface area contributed by atoms with Gasteiger partial charge in [-0.25, -0.2) is 0 Å². The smallest absolute Gasteiger partial charge is 0.239 e. The molecule has 6 heteroatoms. The lowest BCUT2D eigenvalue weighted by atomic mass is 10.2. The van der Waals surface area contributed by atoms with E-state index in [9.17, 15) is 0 Å². The molecular formula is C9H18ClN3OS. The molecular weight excluding hydrogens is 234 g/mol. The quantitative estimate of drug-likeness (QED) is 0.868. The third-order valence-electron chi connectivity index (χ3n) is 2.17. The maximum absolute atomic E-state index is 5.15. The van der Waals surface area contributed by atoms with Gasteiger partial charge in [0.05, 0.1) is 5.25 Å².